The number of aromatic nitrogens is 3. The van der Waals surface area contributed by atoms with Crippen LogP contribution < -0.4 is 32.5 Å². The van der Waals surface area contributed by atoms with Crippen LogP contribution in [-0.4, -0.2) is 112 Å². The summed E-state index contributed by atoms with van der Waals surface area (Å²) in [6.45, 7) is 13.9. The Bertz CT molecular complexity index is 2370. The number of carbonyl (C=O) groups is 6. The molecule has 0 saturated carbocycles. The van der Waals surface area contributed by atoms with E-state index in [1.54, 1.807) is 19.1 Å². The van der Waals surface area contributed by atoms with E-state index in [0.717, 1.165) is 16.7 Å². The number of hydrogen-bond donors (Lipinski definition) is 3. The number of benzene rings is 3. The van der Waals surface area contributed by atoms with Crippen molar-refractivity contribution in [2.45, 2.75) is 125 Å². The second-order valence-electron chi connectivity index (χ2n) is 20.1. The van der Waals surface area contributed by atoms with Crippen LogP contribution in [0.15, 0.2) is 85.1 Å². The minimum atomic E-state index is -0.938. The molecule has 0 aliphatic carbocycles. The standard InChI is InChI=1S/C54H70N6O10.CH4.ClH/c1-36(2)25-46(48(63)30-43(27-40-15-11-8-12-16-40)53(66)57-47(26-37(3)4)51(64)54(6)35-69-54)56-52(65)42(19-17-39-13-9-7-10-14-39)29-45(62)33-60(21-23-67-24-22-60)32-41-18-20-49(70-38(5)61)50(28-41)68-34-44-31-55-59-58-44;;/h7-16,18,20,28,31,36-37,42-43,46-47H,17,19,21-27,29-30,32-35H2,1-6H3,(H2-,55,56,57,58,59,65,66);1H4;1H/t42-,43-,46+,47+,54-;;/m1../s1. The van der Waals surface area contributed by atoms with E-state index >= 15 is 0 Å². The van der Waals surface area contributed by atoms with Crippen molar-refractivity contribution in [3.05, 3.63) is 107 Å². The lowest BCUT2D eigenvalue weighted by Crippen LogP contribution is -3.00. The van der Waals surface area contributed by atoms with E-state index in [1.165, 1.54) is 13.1 Å². The van der Waals surface area contributed by atoms with Crippen LogP contribution in [0.4, 0.5) is 0 Å². The Morgan fingerprint density at radius 1 is 0.792 bits per heavy atom. The van der Waals surface area contributed by atoms with Gasteiger partial charge in [0.15, 0.2) is 28.8 Å². The molecule has 4 aromatic rings. The number of morpholine rings is 1. The lowest BCUT2D eigenvalue weighted by atomic mass is 9.87. The largest absolute Gasteiger partial charge is 1.00 e. The second kappa shape index (κ2) is 27.9. The Labute approximate surface area is 431 Å². The van der Waals surface area contributed by atoms with Crippen LogP contribution >= 0.6 is 0 Å². The van der Waals surface area contributed by atoms with Gasteiger partial charge < -0.3 is 46.5 Å². The van der Waals surface area contributed by atoms with Gasteiger partial charge in [-0.15, -0.1) is 0 Å². The van der Waals surface area contributed by atoms with Gasteiger partial charge in [-0.25, -0.2) is 0 Å². The fourth-order valence-electron chi connectivity index (χ4n) is 9.15. The van der Waals surface area contributed by atoms with Crippen molar-refractivity contribution < 1.29 is 64.6 Å². The van der Waals surface area contributed by atoms with Crippen molar-refractivity contribution in [1.82, 2.24) is 26.0 Å². The zero-order valence-corrected chi connectivity index (χ0v) is 42.7. The molecule has 1 aromatic heterocycles. The highest BCUT2D eigenvalue weighted by Crippen LogP contribution is 2.33. The molecule has 3 aromatic carbocycles. The summed E-state index contributed by atoms with van der Waals surface area (Å²) in [6, 6.07) is 22.9. The van der Waals surface area contributed by atoms with Crippen LogP contribution in [0.25, 0.3) is 0 Å². The predicted octanol–water partition coefficient (Wildman–Crippen LogP) is 3.74. The smallest absolute Gasteiger partial charge is 0.308 e. The molecule has 0 bridgehead atoms. The van der Waals surface area contributed by atoms with Gasteiger partial charge in [-0.05, 0) is 80.2 Å². The van der Waals surface area contributed by atoms with Crippen LogP contribution in [0.1, 0.15) is 103 Å². The molecule has 2 fully saturated rings. The average molecular weight is 1020 g/mol. The quantitative estimate of drug-likeness (QED) is 0.0322. The van der Waals surface area contributed by atoms with E-state index in [0.29, 0.717) is 81.1 Å². The SMILES string of the molecule is C.CC(=O)Oc1ccc(C[N+]2(CC(=O)C[C@@H](CCc3ccccc3)C(=O)N[C@@H](CC(C)C)C(=O)C[C@@H](Cc3ccccc3)C(=O)N[C@@H](CC(C)C)C(=O)[C@@]3(C)CO3)CCOCC2)cc1OCc1cn[nH]n1.[Cl-]. The highest BCUT2D eigenvalue weighted by atomic mass is 35.5. The van der Waals surface area contributed by atoms with E-state index in [4.69, 9.17) is 18.9 Å². The zero-order chi connectivity index (χ0) is 50.3. The van der Waals surface area contributed by atoms with Gasteiger partial charge in [0.05, 0.1) is 38.1 Å². The van der Waals surface area contributed by atoms with Crippen molar-refractivity contribution in [3.8, 4) is 11.5 Å². The number of aryl methyl sites for hydroxylation is 1. The monoisotopic (exact) mass is 1010 g/mol. The van der Waals surface area contributed by atoms with Gasteiger partial charge in [0.1, 0.15) is 44.1 Å². The van der Waals surface area contributed by atoms with E-state index < -0.39 is 47.3 Å². The normalized spacial score (nSPS) is 17.5. The molecule has 2 saturated heterocycles. The lowest BCUT2D eigenvalue weighted by molar-refractivity contribution is -0.940. The van der Waals surface area contributed by atoms with Gasteiger partial charge >= 0.3 is 5.97 Å². The number of rotatable bonds is 28. The van der Waals surface area contributed by atoms with Gasteiger partial charge in [-0.2, -0.15) is 15.4 Å². The molecule has 72 heavy (non-hydrogen) atoms. The Balaban J connectivity index is 0.00000562. The molecular formula is C55H75ClN6O10. The highest BCUT2D eigenvalue weighted by Gasteiger charge is 2.50. The van der Waals surface area contributed by atoms with E-state index in [1.807, 2.05) is 94.4 Å². The second-order valence-corrected chi connectivity index (χ2v) is 20.1. The summed E-state index contributed by atoms with van der Waals surface area (Å²) in [5.41, 5.74) is 2.35. The summed E-state index contributed by atoms with van der Waals surface area (Å²) >= 11 is 0. The van der Waals surface area contributed by atoms with Gasteiger partial charge in [0, 0.05) is 37.2 Å². The molecule has 0 unspecified atom stereocenters. The highest BCUT2D eigenvalue weighted by molar-refractivity contribution is 5.98. The molecule has 2 aliphatic heterocycles. The Morgan fingerprint density at radius 2 is 1.40 bits per heavy atom. The number of ketones is 3. The molecule has 2 aliphatic rings. The van der Waals surface area contributed by atoms with Crippen LogP contribution in [0.2, 0.25) is 0 Å². The number of ether oxygens (including phenoxy) is 4. The van der Waals surface area contributed by atoms with E-state index in [9.17, 15) is 28.8 Å². The number of Topliss-reactive ketones (excluding diaryl/α,β-unsaturated/α-hetero) is 3. The lowest BCUT2D eigenvalue weighted by Gasteiger charge is -2.41. The Hall–Kier alpha value is -5.81. The van der Waals surface area contributed by atoms with E-state index in [-0.39, 0.29) is 87.2 Å². The fraction of sp³-hybridized carbons (Fsp3) is 0.527. The first-order chi connectivity index (χ1) is 33.5. The van der Waals surface area contributed by atoms with Crippen molar-refractivity contribution >= 4 is 35.1 Å². The number of amides is 2. The molecule has 0 spiro atoms. The van der Waals surface area contributed by atoms with Crippen LogP contribution in [0.5, 0.6) is 11.5 Å². The van der Waals surface area contributed by atoms with Crippen molar-refractivity contribution in [2.75, 3.05) is 39.5 Å². The summed E-state index contributed by atoms with van der Waals surface area (Å²) in [5, 5.41) is 16.5. The number of quaternary nitrogens is 1. The third-order valence-corrected chi connectivity index (χ3v) is 13.0. The summed E-state index contributed by atoms with van der Waals surface area (Å²) in [4.78, 5) is 83.5. The first kappa shape index (κ1) is 58.8. The van der Waals surface area contributed by atoms with Gasteiger partial charge in [-0.1, -0.05) is 95.8 Å². The van der Waals surface area contributed by atoms with Crippen LogP contribution in [0, 0.1) is 23.7 Å². The molecule has 17 heteroatoms. The first-order valence-corrected chi connectivity index (χ1v) is 24.6. The third-order valence-electron chi connectivity index (χ3n) is 13.0. The minimum absolute atomic E-state index is 0. The molecule has 3 N–H and O–H groups in total. The summed E-state index contributed by atoms with van der Waals surface area (Å²) in [5.74, 6) is -2.75. The van der Waals surface area contributed by atoms with Gasteiger partial charge in [0.25, 0.3) is 0 Å². The molecule has 0 radical (unpaired) electrons. The summed E-state index contributed by atoms with van der Waals surface area (Å²) in [7, 11) is 0. The van der Waals surface area contributed by atoms with Crippen molar-refractivity contribution in [2.24, 2.45) is 23.7 Å². The predicted molar refractivity (Wildman–Crippen MR) is 268 cm³/mol. The number of carbonyl (C=O) groups excluding carboxylic acids is 6. The van der Waals surface area contributed by atoms with Crippen LogP contribution in [-0.2, 0) is 64.2 Å². The third kappa shape index (κ3) is 18.0. The number of nitrogens with one attached hydrogen (secondary N) is 3. The first-order valence-electron chi connectivity index (χ1n) is 24.6. The van der Waals surface area contributed by atoms with Gasteiger partial charge in [0.2, 0.25) is 11.8 Å². The molecule has 2 amide bonds. The number of esters is 1. The van der Waals surface area contributed by atoms with Crippen LogP contribution in [0.3, 0.4) is 0 Å². The minimum Gasteiger partial charge on any atom is -1.00 e. The summed E-state index contributed by atoms with van der Waals surface area (Å²) in [6.07, 6.45) is 3.22. The number of epoxide rings is 1. The summed E-state index contributed by atoms with van der Waals surface area (Å²) < 4.78 is 23.1. The van der Waals surface area contributed by atoms with Crippen molar-refractivity contribution in [3.63, 3.8) is 0 Å². The van der Waals surface area contributed by atoms with Crippen molar-refractivity contribution in [1.29, 1.82) is 0 Å². The average Bonchev–Trinajstić information content (AvgIpc) is 3.85. The number of nitrogens with zero attached hydrogens (tertiary/aromatic N) is 3. The number of hydrogen-bond acceptors (Lipinski definition) is 12. The molecule has 3 heterocycles. The maximum Gasteiger partial charge on any atom is 0.308 e. The Morgan fingerprint density at radius 3 is 2.00 bits per heavy atom. The number of halogens is 1. The molecule has 16 nitrogen and oxygen atoms in total. The molecule has 5 atom stereocenters. The Kier molecular flexibility index (Phi) is 22.7. The number of aromatic amines is 1. The van der Waals surface area contributed by atoms with Gasteiger partial charge in [-0.3, -0.25) is 28.8 Å². The maximum atomic E-state index is 14.7. The molecule has 392 valence electrons. The zero-order valence-electron chi connectivity index (χ0n) is 42.0. The van der Waals surface area contributed by atoms with E-state index in [2.05, 4.69) is 26.0 Å². The molecular weight excluding hydrogens is 940 g/mol. The number of H-pyrrole nitrogens is 1. The topological polar surface area (TPSA) is 208 Å². The molecule has 6 rings (SSSR count). The maximum absolute atomic E-state index is 14.7. The fourth-order valence-corrected chi connectivity index (χ4v) is 9.15.